The molecule has 0 saturated carbocycles. The first-order valence-corrected chi connectivity index (χ1v) is 10.7. The fourth-order valence-electron chi connectivity index (χ4n) is 3.36. The Hall–Kier alpha value is -2.84. The molecule has 2 heterocycles. The molecule has 1 aliphatic rings. The molecule has 10 heteroatoms. The zero-order chi connectivity index (χ0) is 23.0. The SMILES string of the molecule is CC(C)(C)OC(=O)NCC1COc2cc3ncnc(Nc4ccc(Cl)c(Cl)c4F)c3cc21. The zero-order valence-corrected chi connectivity index (χ0v) is 19.1. The van der Waals surface area contributed by atoms with Crippen LogP contribution in [0.5, 0.6) is 5.75 Å². The molecule has 1 amide bonds. The summed E-state index contributed by atoms with van der Waals surface area (Å²) in [4.78, 5) is 20.6. The quantitative estimate of drug-likeness (QED) is 0.459. The number of benzene rings is 2. The van der Waals surface area contributed by atoms with Crippen molar-refractivity contribution < 1.29 is 18.7 Å². The normalized spacial score (nSPS) is 15.2. The van der Waals surface area contributed by atoms with Gasteiger partial charge in [-0.3, -0.25) is 0 Å². The predicted molar refractivity (Wildman–Crippen MR) is 122 cm³/mol. The molecule has 0 aliphatic carbocycles. The van der Waals surface area contributed by atoms with Gasteiger partial charge in [-0.05, 0) is 39.0 Å². The molecule has 2 aromatic carbocycles. The highest BCUT2D eigenvalue weighted by Crippen LogP contribution is 2.39. The molecule has 4 rings (SSSR count). The number of amides is 1. The summed E-state index contributed by atoms with van der Waals surface area (Å²) in [6.45, 7) is 6.15. The molecule has 1 aliphatic heterocycles. The number of anilines is 2. The van der Waals surface area contributed by atoms with Gasteiger partial charge in [0.25, 0.3) is 0 Å². The van der Waals surface area contributed by atoms with E-state index in [0.29, 0.717) is 35.6 Å². The van der Waals surface area contributed by atoms with Gasteiger partial charge < -0.3 is 20.1 Å². The number of carbonyl (C=O) groups is 1. The lowest BCUT2D eigenvalue weighted by Gasteiger charge is -2.20. The van der Waals surface area contributed by atoms with Gasteiger partial charge >= 0.3 is 6.09 Å². The van der Waals surface area contributed by atoms with Crippen LogP contribution >= 0.6 is 23.2 Å². The third kappa shape index (κ3) is 4.66. The van der Waals surface area contributed by atoms with E-state index in [4.69, 9.17) is 32.7 Å². The summed E-state index contributed by atoms with van der Waals surface area (Å²) < 4.78 is 25.6. The van der Waals surface area contributed by atoms with E-state index in [1.54, 1.807) is 26.8 Å². The lowest BCUT2D eigenvalue weighted by Crippen LogP contribution is -2.35. The van der Waals surface area contributed by atoms with Crippen LogP contribution in [-0.4, -0.2) is 34.8 Å². The molecule has 7 nitrogen and oxygen atoms in total. The summed E-state index contributed by atoms with van der Waals surface area (Å²) in [6, 6.07) is 6.68. The van der Waals surface area contributed by atoms with Crippen LogP contribution in [0.4, 0.5) is 20.7 Å². The lowest BCUT2D eigenvalue weighted by molar-refractivity contribution is 0.0523. The van der Waals surface area contributed by atoms with Crippen molar-refractivity contribution in [3.05, 3.63) is 52.0 Å². The van der Waals surface area contributed by atoms with Crippen molar-refractivity contribution in [2.75, 3.05) is 18.5 Å². The molecule has 2 N–H and O–H groups in total. The highest BCUT2D eigenvalue weighted by Gasteiger charge is 2.27. The van der Waals surface area contributed by atoms with Crippen molar-refractivity contribution in [1.29, 1.82) is 0 Å². The van der Waals surface area contributed by atoms with E-state index in [-0.39, 0.29) is 21.7 Å². The number of fused-ring (bicyclic) bond motifs is 2. The Morgan fingerprint density at radius 3 is 2.81 bits per heavy atom. The Labute approximate surface area is 194 Å². The van der Waals surface area contributed by atoms with Crippen LogP contribution in [0.3, 0.4) is 0 Å². The molecule has 0 spiro atoms. The van der Waals surface area contributed by atoms with Gasteiger partial charge in [0.2, 0.25) is 0 Å². The average Bonchev–Trinajstić information content (AvgIpc) is 3.12. The molecule has 1 aromatic heterocycles. The number of rotatable bonds is 4. The minimum Gasteiger partial charge on any atom is -0.493 e. The number of ether oxygens (including phenoxy) is 2. The topological polar surface area (TPSA) is 85.4 Å². The second-order valence-electron chi connectivity index (χ2n) is 8.37. The van der Waals surface area contributed by atoms with E-state index in [2.05, 4.69) is 20.6 Å². The van der Waals surface area contributed by atoms with Crippen LogP contribution in [0.15, 0.2) is 30.6 Å². The molecule has 0 bridgehead atoms. The number of nitrogens with one attached hydrogen (secondary N) is 2. The minimum absolute atomic E-state index is 0.0864. The number of alkyl carbamates (subject to hydrolysis) is 1. The van der Waals surface area contributed by atoms with Crippen LogP contribution in [0.25, 0.3) is 10.9 Å². The minimum atomic E-state index is -0.671. The number of aromatic nitrogens is 2. The summed E-state index contributed by atoms with van der Waals surface area (Å²) in [5.41, 5.74) is 1.07. The molecule has 1 atom stereocenters. The largest absolute Gasteiger partial charge is 0.493 e. The summed E-state index contributed by atoms with van der Waals surface area (Å²) in [5, 5.41) is 6.37. The van der Waals surface area contributed by atoms with Crippen LogP contribution in [0.2, 0.25) is 10.0 Å². The van der Waals surface area contributed by atoms with E-state index in [9.17, 15) is 9.18 Å². The molecule has 3 aromatic rings. The first-order valence-electron chi connectivity index (χ1n) is 9.91. The van der Waals surface area contributed by atoms with E-state index < -0.39 is 17.5 Å². The number of halogens is 3. The summed E-state index contributed by atoms with van der Waals surface area (Å²) >= 11 is 11.8. The van der Waals surface area contributed by atoms with Crippen LogP contribution in [0.1, 0.15) is 32.3 Å². The second kappa shape index (κ2) is 8.60. The van der Waals surface area contributed by atoms with Crippen molar-refractivity contribution in [3.63, 3.8) is 0 Å². The number of carbonyl (C=O) groups excluding carboxylic acids is 1. The highest BCUT2D eigenvalue weighted by molar-refractivity contribution is 6.42. The van der Waals surface area contributed by atoms with Crippen molar-refractivity contribution >= 4 is 51.7 Å². The molecule has 0 saturated heterocycles. The Bertz CT molecular complexity index is 1200. The Kier molecular flexibility index (Phi) is 6.01. The first kappa shape index (κ1) is 22.4. The van der Waals surface area contributed by atoms with Crippen LogP contribution in [-0.2, 0) is 4.74 Å². The lowest BCUT2D eigenvalue weighted by atomic mass is 9.99. The van der Waals surface area contributed by atoms with Gasteiger partial charge in [0.15, 0.2) is 5.82 Å². The van der Waals surface area contributed by atoms with Crippen molar-refractivity contribution in [2.45, 2.75) is 32.3 Å². The maximum Gasteiger partial charge on any atom is 0.407 e. The monoisotopic (exact) mass is 478 g/mol. The van der Waals surface area contributed by atoms with Crippen molar-refractivity contribution in [3.8, 4) is 5.75 Å². The van der Waals surface area contributed by atoms with Gasteiger partial charge in [0, 0.05) is 29.5 Å². The smallest absolute Gasteiger partial charge is 0.407 e. The number of hydrogen-bond acceptors (Lipinski definition) is 6. The maximum absolute atomic E-state index is 14.5. The summed E-state index contributed by atoms with van der Waals surface area (Å²) in [5.74, 6) is 0.325. The fraction of sp³-hybridized carbons (Fsp3) is 0.318. The summed E-state index contributed by atoms with van der Waals surface area (Å²) in [7, 11) is 0. The third-order valence-electron chi connectivity index (χ3n) is 4.83. The molecule has 1 unspecified atom stereocenters. The van der Waals surface area contributed by atoms with Gasteiger partial charge in [0.05, 0.1) is 27.9 Å². The zero-order valence-electron chi connectivity index (χ0n) is 17.6. The first-order chi connectivity index (χ1) is 15.1. The summed E-state index contributed by atoms with van der Waals surface area (Å²) in [6.07, 6.45) is 0.885. The van der Waals surface area contributed by atoms with E-state index in [1.807, 2.05) is 6.07 Å². The number of nitrogens with zero attached hydrogens (tertiary/aromatic N) is 2. The van der Waals surface area contributed by atoms with Gasteiger partial charge in [-0.1, -0.05) is 23.2 Å². The Morgan fingerprint density at radius 2 is 2.06 bits per heavy atom. The molecular weight excluding hydrogens is 458 g/mol. The number of hydrogen-bond donors (Lipinski definition) is 2. The van der Waals surface area contributed by atoms with E-state index >= 15 is 0 Å². The molecular formula is C22H21Cl2FN4O3. The molecule has 168 valence electrons. The van der Waals surface area contributed by atoms with Gasteiger partial charge in [0.1, 0.15) is 23.5 Å². The van der Waals surface area contributed by atoms with Gasteiger partial charge in [-0.2, -0.15) is 0 Å². The Morgan fingerprint density at radius 1 is 1.28 bits per heavy atom. The highest BCUT2D eigenvalue weighted by atomic mass is 35.5. The van der Waals surface area contributed by atoms with Gasteiger partial charge in [-0.15, -0.1) is 0 Å². The Balaban J connectivity index is 1.61. The maximum atomic E-state index is 14.5. The van der Waals surface area contributed by atoms with Crippen molar-refractivity contribution in [1.82, 2.24) is 15.3 Å². The van der Waals surface area contributed by atoms with E-state index in [0.717, 1.165) is 5.56 Å². The molecule has 32 heavy (non-hydrogen) atoms. The fourth-order valence-corrected chi connectivity index (χ4v) is 3.67. The molecule has 0 fully saturated rings. The third-order valence-corrected chi connectivity index (χ3v) is 5.61. The van der Waals surface area contributed by atoms with Gasteiger partial charge in [-0.25, -0.2) is 19.2 Å². The van der Waals surface area contributed by atoms with Crippen LogP contribution < -0.4 is 15.4 Å². The van der Waals surface area contributed by atoms with Crippen molar-refractivity contribution in [2.24, 2.45) is 0 Å². The average molecular weight is 479 g/mol. The molecule has 0 radical (unpaired) electrons. The predicted octanol–water partition coefficient (Wildman–Crippen LogP) is 5.82. The van der Waals surface area contributed by atoms with E-state index in [1.165, 1.54) is 18.5 Å². The second-order valence-corrected chi connectivity index (χ2v) is 9.15. The standard InChI is InChI=1S/C22H21Cl2FN4O3/c1-22(2,3)32-21(30)26-8-11-9-31-17-7-16-13(6-12(11)17)20(28-10-27-16)29-15-5-4-14(23)18(24)19(15)25/h4-7,10-11H,8-9H2,1-3H3,(H,26,30)(H,27,28,29). The van der Waals surface area contributed by atoms with Crippen LogP contribution in [0, 0.1) is 5.82 Å².